The van der Waals surface area contributed by atoms with Gasteiger partial charge in [-0.2, -0.15) is 0 Å². The number of carbonyl (C=O) groups is 1. The van der Waals surface area contributed by atoms with Crippen molar-refractivity contribution in [3.05, 3.63) is 42.2 Å². The van der Waals surface area contributed by atoms with Gasteiger partial charge in [0.05, 0.1) is 17.3 Å². The first kappa shape index (κ1) is 17.8. The minimum absolute atomic E-state index is 0.220. The average Bonchev–Trinajstić information content (AvgIpc) is 3.32. The molecule has 4 heterocycles. The first-order valence-corrected chi connectivity index (χ1v) is 9.70. The second kappa shape index (κ2) is 6.97. The van der Waals surface area contributed by atoms with Crippen molar-refractivity contribution in [2.75, 3.05) is 25.6 Å². The lowest BCUT2D eigenvalue weighted by molar-refractivity contribution is -0.143. The van der Waals surface area contributed by atoms with E-state index in [4.69, 9.17) is 20.2 Å². The minimum atomic E-state index is -0.729. The molecule has 1 aromatic carbocycles. The number of anilines is 1. The van der Waals surface area contributed by atoms with Crippen molar-refractivity contribution in [1.82, 2.24) is 14.3 Å². The van der Waals surface area contributed by atoms with Crippen molar-refractivity contribution >= 4 is 17.3 Å². The number of benzene rings is 1. The molecule has 2 aliphatic rings. The van der Waals surface area contributed by atoms with Crippen molar-refractivity contribution in [3.8, 4) is 22.8 Å². The summed E-state index contributed by atoms with van der Waals surface area (Å²) in [6.45, 7) is 2.21. The molecule has 2 aromatic heterocycles. The number of imidazole rings is 1. The minimum Gasteiger partial charge on any atom is -0.481 e. The molecule has 1 atom stereocenters. The zero-order valence-electron chi connectivity index (χ0n) is 15.9. The molecule has 8 nitrogen and oxygen atoms in total. The van der Waals surface area contributed by atoms with Crippen molar-refractivity contribution < 1.29 is 19.4 Å². The molecule has 0 radical (unpaired) electrons. The zero-order valence-corrected chi connectivity index (χ0v) is 15.9. The van der Waals surface area contributed by atoms with Gasteiger partial charge in [0, 0.05) is 30.5 Å². The number of piperidine rings is 1. The molecule has 0 amide bonds. The lowest BCUT2D eigenvalue weighted by Crippen LogP contribution is -2.38. The van der Waals surface area contributed by atoms with Crippen LogP contribution in [0.5, 0.6) is 11.5 Å². The SMILES string of the molecule is Nc1ccc2nc(-c3ccc4c(c3)OCO4)c(CN3CCCC(C(=O)O)C3)n2c1. The molecule has 1 saturated heterocycles. The largest absolute Gasteiger partial charge is 0.481 e. The molecular formula is C21H22N4O4. The predicted octanol–water partition coefficient (Wildman–Crippen LogP) is 2.61. The fourth-order valence-corrected chi connectivity index (χ4v) is 4.15. The summed E-state index contributed by atoms with van der Waals surface area (Å²) in [5.41, 5.74) is 10.2. The Labute approximate surface area is 167 Å². The number of nitrogens with two attached hydrogens (primary N) is 1. The fourth-order valence-electron chi connectivity index (χ4n) is 4.15. The molecule has 1 unspecified atom stereocenters. The van der Waals surface area contributed by atoms with Gasteiger partial charge >= 0.3 is 5.97 Å². The van der Waals surface area contributed by atoms with Gasteiger partial charge in [-0.1, -0.05) is 0 Å². The van der Waals surface area contributed by atoms with Crippen molar-refractivity contribution in [2.45, 2.75) is 19.4 Å². The third-order valence-electron chi connectivity index (χ3n) is 5.61. The smallest absolute Gasteiger partial charge is 0.307 e. The van der Waals surface area contributed by atoms with E-state index in [1.807, 2.05) is 40.9 Å². The molecule has 0 spiro atoms. The monoisotopic (exact) mass is 394 g/mol. The lowest BCUT2D eigenvalue weighted by Gasteiger charge is -2.30. The van der Waals surface area contributed by atoms with E-state index in [9.17, 15) is 9.90 Å². The number of pyridine rings is 1. The number of likely N-dealkylation sites (tertiary alicyclic amines) is 1. The number of ether oxygens (including phenoxy) is 2. The number of hydrogen-bond acceptors (Lipinski definition) is 6. The predicted molar refractivity (Wildman–Crippen MR) is 107 cm³/mol. The number of hydrogen-bond donors (Lipinski definition) is 2. The summed E-state index contributed by atoms with van der Waals surface area (Å²) in [6.07, 6.45) is 3.46. The van der Waals surface area contributed by atoms with Crippen LogP contribution in [0.1, 0.15) is 18.5 Å². The van der Waals surface area contributed by atoms with Gasteiger partial charge in [-0.05, 0) is 49.7 Å². The van der Waals surface area contributed by atoms with Crippen LogP contribution in [0.4, 0.5) is 5.69 Å². The number of aromatic nitrogens is 2. The van der Waals surface area contributed by atoms with Crippen LogP contribution in [0.25, 0.3) is 16.9 Å². The Morgan fingerprint density at radius 3 is 2.97 bits per heavy atom. The Morgan fingerprint density at radius 2 is 2.10 bits per heavy atom. The van der Waals surface area contributed by atoms with Gasteiger partial charge in [-0.3, -0.25) is 9.69 Å². The molecule has 8 heteroatoms. The Kier molecular flexibility index (Phi) is 4.28. The standard InChI is InChI=1S/C21H22N4O4/c22-15-4-6-19-23-20(13-3-5-17-18(8-13)29-12-28-17)16(25(19)10-15)11-24-7-1-2-14(9-24)21(26)27/h3-6,8,10,14H,1-2,7,9,11-12,22H2,(H,26,27). The molecule has 29 heavy (non-hydrogen) atoms. The highest BCUT2D eigenvalue weighted by molar-refractivity contribution is 5.71. The summed E-state index contributed by atoms with van der Waals surface area (Å²) in [4.78, 5) is 18.5. The molecule has 1 fully saturated rings. The van der Waals surface area contributed by atoms with E-state index in [-0.39, 0.29) is 12.7 Å². The van der Waals surface area contributed by atoms with Crippen molar-refractivity contribution in [3.63, 3.8) is 0 Å². The summed E-state index contributed by atoms with van der Waals surface area (Å²) in [7, 11) is 0. The summed E-state index contributed by atoms with van der Waals surface area (Å²) >= 11 is 0. The maximum atomic E-state index is 11.5. The van der Waals surface area contributed by atoms with Crippen LogP contribution in [0, 0.1) is 5.92 Å². The van der Waals surface area contributed by atoms with Crippen LogP contribution in [-0.2, 0) is 11.3 Å². The molecule has 3 aromatic rings. The van der Waals surface area contributed by atoms with Crippen LogP contribution >= 0.6 is 0 Å². The zero-order chi connectivity index (χ0) is 20.0. The van der Waals surface area contributed by atoms with Gasteiger partial charge in [0.25, 0.3) is 0 Å². The van der Waals surface area contributed by atoms with Crippen LogP contribution < -0.4 is 15.2 Å². The van der Waals surface area contributed by atoms with Crippen LogP contribution in [-0.4, -0.2) is 45.2 Å². The Balaban J connectivity index is 1.56. The number of carboxylic acids is 1. The van der Waals surface area contributed by atoms with Gasteiger partial charge in [-0.15, -0.1) is 0 Å². The Bertz CT molecular complexity index is 1090. The number of carboxylic acid groups (broad SMARTS) is 1. The normalized spacial score (nSPS) is 19.0. The Hall–Kier alpha value is -3.26. The summed E-state index contributed by atoms with van der Waals surface area (Å²) in [5.74, 6) is 0.368. The summed E-state index contributed by atoms with van der Waals surface area (Å²) in [6, 6.07) is 9.52. The number of nitrogen functional groups attached to an aromatic ring is 1. The summed E-state index contributed by atoms with van der Waals surface area (Å²) < 4.78 is 13.0. The van der Waals surface area contributed by atoms with Gasteiger partial charge in [0.1, 0.15) is 5.65 Å². The Morgan fingerprint density at radius 1 is 1.24 bits per heavy atom. The van der Waals surface area contributed by atoms with E-state index in [0.717, 1.165) is 47.7 Å². The van der Waals surface area contributed by atoms with Gasteiger partial charge in [-0.25, -0.2) is 4.98 Å². The molecule has 0 aliphatic carbocycles. The highest BCUT2D eigenvalue weighted by Crippen LogP contribution is 2.37. The highest BCUT2D eigenvalue weighted by Gasteiger charge is 2.27. The molecule has 3 N–H and O–H groups in total. The van der Waals surface area contributed by atoms with E-state index in [0.29, 0.717) is 24.5 Å². The van der Waals surface area contributed by atoms with Crippen LogP contribution in [0.2, 0.25) is 0 Å². The molecule has 5 rings (SSSR count). The summed E-state index contributed by atoms with van der Waals surface area (Å²) in [5, 5.41) is 9.43. The van der Waals surface area contributed by atoms with Crippen LogP contribution in [0.3, 0.4) is 0 Å². The number of aliphatic carboxylic acids is 1. The molecule has 150 valence electrons. The van der Waals surface area contributed by atoms with E-state index in [1.54, 1.807) is 0 Å². The number of rotatable bonds is 4. The van der Waals surface area contributed by atoms with Gasteiger partial charge < -0.3 is 24.7 Å². The molecule has 0 saturated carbocycles. The second-order valence-electron chi connectivity index (χ2n) is 7.58. The number of fused-ring (bicyclic) bond motifs is 2. The first-order valence-electron chi connectivity index (χ1n) is 9.70. The highest BCUT2D eigenvalue weighted by atomic mass is 16.7. The van der Waals surface area contributed by atoms with Gasteiger partial charge in [0.2, 0.25) is 6.79 Å². The molecule has 2 aliphatic heterocycles. The van der Waals surface area contributed by atoms with E-state index in [1.165, 1.54) is 0 Å². The van der Waals surface area contributed by atoms with E-state index < -0.39 is 5.97 Å². The first-order chi connectivity index (χ1) is 14.1. The van der Waals surface area contributed by atoms with Crippen molar-refractivity contribution in [1.29, 1.82) is 0 Å². The third kappa shape index (κ3) is 3.25. The maximum absolute atomic E-state index is 11.5. The molecule has 0 bridgehead atoms. The van der Waals surface area contributed by atoms with Gasteiger partial charge in [0.15, 0.2) is 11.5 Å². The van der Waals surface area contributed by atoms with E-state index in [2.05, 4.69) is 4.90 Å². The molecular weight excluding hydrogens is 372 g/mol. The topological polar surface area (TPSA) is 102 Å². The quantitative estimate of drug-likeness (QED) is 0.701. The van der Waals surface area contributed by atoms with E-state index >= 15 is 0 Å². The maximum Gasteiger partial charge on any atom is 0.307 e. The fraction of sp³-hybridized carbons (Fsp3) is 0.333. The average molecular weight is 394 g/mol. The van der Waals surface area contributed by atoms with Crippen molar-refractivity contribution in [2.24, 2.45) is 5.92 Å². The lowest BCUT2D eigenvalue weighted by atomic mass is 9.98. The number of nitrogens with zero attached hydrogens (tertiary/aromatic N) is 3. The second-order valence-corrected chi connectivity index (χ2v) is 7.58. The van der Waals surface area contributed by atoms with Crippen LogP contribution in [0.15, 0.2) is 36.5 Å². The third-order valence-corrected chi connectivity index (χ3v) is 5.61.